The van der Waals surface area contributed by atoms with E-state index < -0.39 is 0 Å². The van der Waals surface area contributed by atoms with Crippen LogP contribution in [0.3, 0.4) is 0 Å². The first-order valence-corrected chi connectivity index (χ1v) is 7.40. The van der Waals surface area contributed by atoms with Gasteiger partial charge in [-0.3, -0.25) is 9.89 Å². The molecule has 5 heteroatoms. The van der Waals surface area contributed by atoms with Gasteiger partial charge in [0, 0.05) is 18.8 Å². The number of rotatable bonds is 7. The van der Waals surface area contributed by atoms with Crippen molar-refractivity contribution in [2.75, 3.05) is 13.1 Å². The van der Waals surface area contributed by atoms with Crippen molar-refractivity contribution >= 4 is 21.8 Å². The molecule has 1 aromatic rings. The summed E-state index contributed by atoms with van der Waals surface area (Å²) in [6.07, 6.45) is 4.26. The number of aromatic amines is 1. The maximum atomic E-state index is 12.4. The first-order valence-electron chi connectivity index (χ1n) is 6.61. The van der Waals surface area contributed by atoms with Gasteiger partial charge in [-0.25, -0.2) is 0 Å². The monoisotopic (exact) mass is 315 g/mol. The maximum absolute atomic E-state index is 12.4. The molecule has 0 bridgehead atoms. The zero-order valence-electron chi connectivity index (χ0n) is 11.4. The van der Waals surface area contributed by atoms with Crippen LogP contribution < -0.4 is 0 Å². The molecular weight excluding hydrogens is 294 g/mol. The van der Waals surface area contributed by atoms with Gasteiger partial charge in [0.25, 0.3) is 5.91 Å². The molecule has 1 heterocycles. The molecule has 0 saturated carbocycles. The summed E-state index contributed by atoms with van der Waals surface area (Å²) in [5.74, 6) is 0.0214. The van der Waals surface area contributed by atoms with Crippen LogP contribution in [0.1, 0.15) is 55.7 Å². The Morgan fingerprint density at radius 2 is 1.83 bits per heavy atom. The average Bonchev–Trinajstić information content (AvgIpc) is 2.69. The first-order chi connectivity index (χ1) is 8.61. The van der Waals surface area contributed by atoms with Crippen molar-refractivity contribution in [1.82, 2.24) is 15.1 Å². The van der Waals surface area contributed by atoms with E-state index in [0.29, 0.717) is 5.69 Å². The number of aryl methyl sites for hydroxylation is 1. The highest BCUT2D eigenvalue weighted by Crippen LogP contribution is 2.20. The number of nitrogens with zero attached hydrogens (tertiary/aromatic N) is 2. The van der Waals surface area contributed by atoms with Crippen LogP contribution in [0.15, 0.2) is 4.47 Å². The van der Waals surface area contributed by atoms with Crippen LogP contribution in [0.2, 0.25) is 0 Å². The highest BCUT2D eigenvalue weighted by molar-refractivity contribution is 9.10. The lowest BCUT2D eigenvalue weighted by Crippen LogP contribution is -2.33. The quantitative estimate of drug-likeness (QED) is 0.836. The smallest absolute Gasteiger partial charge is 0.275 e. The fourth-order valence-electron chi connectivity index (χ4n) is 1.72. The van der Waals surface area contributed by atoms with Gasteiger partial charge in [0.15, 0.2) is 5.69 Å². The Balaban J connectivity index is 2.77. The van der Waals surface area contributed by atoms with E-state index in [4.69, 9.17) is 0 Å². The summed E-state index contributed by atoms with van der Waals surface area (Å²) in [5, 5.41) is 6.93. The molecule has 1 N–H and O–H groups in total. The SMILES string of the molecule is CCCCN(CCCC)C(=O)c1n[nH]c(C)c1Br. The molecule has 0 atom stereocenters. The van der Waals surface area contributed by atoms with Crippen molar-refractivity contribution in [2.24, 2.45) is 0 Å². The van der Waals surface area contributed by atoms with Gasteiger partial charge in [0.1, 0.15) is 0 Å². The van der Waals surface area contributed by atoms with Gasteiger partial charge < -0.3 is 4.90 Å². The zero-order valence-corrected chi connectivity index (χ0v) is 13.0. The molecule has 4 nitrogen and oxygen atoms in total. The van der Waals surface area contributed by atoms with Crippen molar-refractivity contribution in [3.8, 4) is 0 Å². The normalized spacial score (nSPS) is 10.7. The van der Waals surface area contributed by atoms with Gasteiger partial charge in [-0.15, -0.1) is 0 Å². The highest BCUT2D eigenvalue weighted by atomic mass is 79.9. The number of halogens is 1. The number of nitrogens with one attached hydrogen (secondary N) is 1. The van der Waals surface area contributed by atoms with Crippen molar-refractivity contribution < 1.29 is 4.79 Å². The van der Waals surface area contributed by atoms with Crippen molar-refractivity contribution in [2.45, 2.75) is 46.5 Å². The minimum Gasteiger partial charge on any atom is -0.337 e. The largest absolute Gasteiger partial charge is 0.337 e. The van der Waals surface area contributed by atoms with Gasteiger partial charge in [0.05, 0.1) is 4.47 Å². The van der Waals surface area contributed by atoms with E-state index in [-0.39, 0.29) is 5.91 Å². The van der Waals surface area contributed by atoms with Crippen molar-refractivity contribution in [3.05, 3.63) is 15.9 Å². The predicted octanol–water partition coefficient (Wildman–Crippen LogP) is 3.52. The fourth-order valence-corrected chi connectivity index (χ4v) is 2.07. The standard InChI is InChI=1S/C13H22BrN3O/c1-4-6-8-17(9-7-5-2)13(18)12-11(14)10(3)15-16-12/h4-9H2,1-3H3,(H,15,16). The number of amides is 1. The molecule has 1 rings (SSSR count). The predicted molar refractivity (Wildman–Crippen MR) is 76.7 cm³/mol. The molecule has 0 aliphatic heterocycles. The van der Waals surface area contributed by atoms with Crippen LogP contribution in [-0.2, 0) is 0 Å². The van der Waals surface area contributed by atoms with E-state index in [1.54, 1.807) is 0 Å². The number of carbonyl (C=O) groups excluding carboxylic acids is 1. The van der Waals surface area contributed by atoms with Crippen LogP contribution in [0, 0.1) is 6.92 Å². The van der Waals surface area contributed by atoms with Crippen molar-refractivity contribution in [1.29, 1.82) is 0 Å². The summed E-state index contributed by atoms with van der Waals surface area (Å²) in [6, 6.07) is 0. The summed E-state index contributed by atoms with van der Waals surface area (Å²) >= 11 is 3.41. The zero-order chi connectivity index (χ0) is 13.5. The van der Waals surface area contributed by atoms with Crippen LogP contribution in [0.4, 0.5) is 0 Å². The Labute approximate surface area is 117 Å². The summed E-state index contributed by atoms with van der Waals surface area (Å²) in [4.78, 5) is 14.3. The summed E-state index contributed by atoms with van der Waals surface area (Å²) < 4.78 is 0.783. The third kappa shape index (κ3) is 3.83. The maximum Gasteiger partial charge on any atom is 0.275 e. The summed E-state index contributed by atoms with van der Waals surface area (Å²) in [6.45, 7) is 7.80. The Bertz CT molecular complexity index is 382. The Morgan fingerprint density at radius 3 is 2.22 bits per heavy atom. The second-order valence-electron chi connectivity index (χ2n) is 4.51. The van der Waals surface area contributed by atoms with Gasteiger partial charge >= 0.3 is 0 Å². The highest BCUT2D eigenvalue weighted by Gasteiger charge is 2.21. The van der Waals surface area contributed by atoms with Crippen LogP contribution in [-0.4, -0.2) is 34.1 Å². The Morgan fingerprint density at radius 1 is 1.28 bits per heavy atom. The third-order valence-corrected chi connectivity index (χ3v) is 3.90. The molecule has 0 saturated heterocycles. The lowest BCUT2D eigenvalue weighted by Gasteiger charge is -2.21. The number of carbonyl (C=O) groups is 1. The van der Waals surface area contributed by atoms with Crippen LogP contribution in [0.25, 0.3) is 0 Å². The third-order valence-electron chi connectivity index (χ3n) is 2.93. The molecule has 0 unspecified atom stereocenters. The molecular formula is C13H22BrN3O. The molecule has 0 aliphatic carbocycles. The number of aromatic nitrogens is 2. The lowest BCUT2D eigenvalue weighted by atomic mass is 10.2. The topological polar surface area (TPSA) is 49.0 Å². The number of H-pyrrole nitrogens is 1. The van der Waals surface area contributed by atoms with E-state index in [1.165, 1.54) is 0 Å². The van der Waals surface area contributed by atoms with Gasteiger partial charge in [-0.1, -0.05) is 26.7 Å². The van der Waals surface area contributed by atoms with Crippen LogP contribution in [0.5, 0.6) is 0 Å². The molecule has 1 amide bonds. The number of hydrogen-bond acceptors (Lipinski definition) is 2. The van der Waals surface area contributed by atoms with Crippen LogP contribution >= 0.6 is 15.9 Å². The molecule has 0 fully saturated rings. The Kier molecular flexibility index (Phi) is 6.39. The first kappa shape index (κ1) is 15.2. The molecule has 0 aliphatic rings. The molecule has 18 heavy (non-hydrogen) atoms. The van der Waals surface area contributed by atoms with Gasteiger partial charge in [-0.05, 0) is 35.7 Å². The van der Waals surface area contributed by atoms with E-state index >= 15 is 0 Å². The van der Waals surface area contributed by atoms with Gasteiger partial charge in [0.2, 0.25) is 0 Å². The van der Waals surface area contributed by atoms with E-state index in [2.05, 4.69) is 40.0 Å². The minimum atomic E-state index is 0.0214. The molecule has 0 radical (unpaired) electrons. The second kappa shape index (κ2) is 7.56. The minimum absolute atomic E-state index is 0.0214. The molecule has 0 aromatic carbocycles. The fraction of sp³-hybridized carbons (Fsp3) is 0.692. The molecule has 0 spiro atoms. The van der Waals surface area contributed by atoms with Crippen molar-refractivity contribution in [3.63, 3.8) is 0 Å². The molecule has 102 valence electrons. The number of unbranched alkanes of at least 4 members (excludes halogenated alkanes) is 2. The van der Waals surface area contributed by atoms with Gasteiger partial charge in [-0.2, -0.15) is 5.10 Å². The summed E-state index contributed by atoms with van der Waals surface area (Å²) in [7, 11) is 0. The summed E-state index contributed by atoms with van der Waals surface area (Å²) in [5.41, 5.74) is 1.39. The second-order valence-corrected chi connectivity index (χ2v) is 5.30. The van der Waals surface area contributed by atoms with E-state index in [1.807, 2.05) is 11.8 Å². The van der Waals surface area contributed by atoms with E-state index in [0.717, 1.165) is 48.9 Å². The Hall–Kier alpha value is -0.840. The average molecular weight is 316 g/mol. The number of hydrogen-bond donors (Lipinski definition) is 1. The van der Waals surface area contributed by atoms with E-state index in [9.17, 15) is 4.79 Å². The lowest BCUT2D eigenvalue weighted by molar-refractivity contribution is 0.0744. The molecule has 1 aromatic heterocycles.